The molecule has 1 aliphatic heterocycles. The van der Waals surface area contributed by atoms with E-state index in [4.69, 9.17) is 16.6 Å². The number of nitrogens with one attached hydrogen (secondary N) is 1. The Labute approximate surface area is 192 Å². The van der Waals surface area contributed by atoms with Crippen LogP contribution < -0.4 is 5.32 Å². The minimum absolute atomic E-state index is 0.00726. The summed E-state index contributed by atoms with van der Waals surface area (Å²) in [7, 11) is 2.09. The molecule has 7 nitrogen and oxygen atoms in total. The number of aldehydes is 1. The van der Waals surface area contributed by atoms with E-state index < -0.39 is 0 Å². The molecule has 1 N–H and O–H groups in total. The molecule has 0 amide bonds. The summed E-state index contributed by atoms with van der Waals surface area (Å²) in [6.45, 7) is 7.27. The fraction of sp³-hybridized carbons (Fsp3) is 0.333. The molecule has 0 unspecified atom stereocenters. The number of nitrogens with zero attached hydrogens (tertiary/aromatic N) is 5. The standard InChI is InChI=1S/C14H18ClN3.C10H9N3O/c1-9-10(15)5-6-11-12(9)17-13(18(11)3)14(2)7-4-8-16-14;1-8-2-3-10(9(6-8)7-14)13-11-4-5-12-13/h5-6,16H,4,7-8H2,1-3H3;2-7H,1H3/t14-;/m0./s1. The molecule has 3 heterocycles. The van der Waals surface area contributed by atoms with Gasteiger partial charge in [-0.3, -0.25) is 4.79 Å². The molecule has 32 heavy (non-hydrogen) atoms. The number of aromatic nitrogens is 5. The van der Waals surface area contributed by atoms with E-state index in [1.165, 1.54) is 11.2 Å². The van der Waals surface area contributed by atoms with Gasteiger partial charge in [0.05, 0.1) is 34.7 Å². The summed E-state index contributed by atoms with van der Waals surface area (Å²) in [5.74, 6) is 1.11. The second kappa shape index (κ2) is 8.84. The van der Waals surface area contributed by atoms with Crippen molar-refractivity contribution in [1.82, 2.24) is 29.9 Å². The van der Waals surface area contributed by atoms with E-state index in [0.717, 1.165) is 52.3 Å². The average molecular weight is 451 g/mol. The van der Waals surface area contributed by atoms with E-state index in [-0.39, 0.29) is 5.54 Å². The van der Waals surface area contributed by atoms with Gasteiger partial charge >= 0.3 is 0 Å². The van der Waals surface area contributed by atoms with Gasteiger partial charge in [0, 0.05) is 17.6 Å². The first-order chi connectivity index (χ1) is 15.3. The lowest BCUT2D eigenvalue weighted by atomic mass is 9.99. The van der Waals surface area contributed by atoms with Crippen molar-refractivity contribution in [1.29, 1.82) is 0 Å². The Hall–Kier alpha value is -3.03. The van der Waals surface area contributed by atoms with Gasteiger partial charge in [0.25, 0.3) is 0 Å². The van der Waals surface area contributed by atoms with Gasteiger partial charge in [0.2, 0.25) is 0 Å². The zero-order chi connectivity index (χ0) is 22.9. The van der Waals surface area contributed by atoms with Gasteiger partial charge in [-0.05, 0) is 70.0 Å². The van der Waals surface area contributed by atoms with Crippen LogP contribution in [0.5, 0.6) is 0 Å². The molecule has 2 aromatic heterocycles. The van der Waals surface area contributed by atoms with Crippen molar-refractivity contribution >= 4 is 28.9 Å². The Bertz CT molecular complexity index is 1260. The van der Waals surface area contributed by atoms with E-state index >= 15 is 0 Å². The summed E-state index contributed by atoms with van der Waals surface area (Å²) in [6.07, 6.45) is 6.31. The van der Waals surface area contributed by atoms with Crippen molar-refractivity contribution in [3.8, 4) is 5.69 Å². The molecule has 166 valence electrons. The van der Waals surface area contributed by atoms with Gasteiger partial charge in [-0.15, -0.1) is 0 Å². The number of aryl methyl sites for hydroxylation is 3. The molecule has 0 saturated carbocycles. The van der Waals surface area contributed by atoms with E-state index in [9.17, 15) is 4.79 Å². The first-order valence-corrected chi connectivity index (χ1v) is 11.0. The largest absolute Gasteiger partial charge is 0.330 e. The van der Waals surface area contributed by atoms with Crippen LogP contribution in [0.4, 0.5) is 0 Å². The lowest BCUT2D eigenvalue weighted by molar-refractivity contribution is 0.112. The molecule has 4 aromatic rings. The first kappa shape index (κ1) is 22.2. The van der Waals surface area contributed by atoms with Crippen LogP contribution in [0.2, 0.25) is 5.02 Å². The number of hydrogen-bond donors (Lipinski definition) is 1. The summed E-state index contributed by atoms with van der Waals surface area (Å²) in [5, 5.41) is 12.3. The molecular weight excluding hydrogens is 424 g/mol. The number of carbonyl (C=O) groups excluding carboxylic acids is 1. The number of imidazole rings is 1. The molecule has 0 spiro atoms. The Morgan fingerprint density at radius 3 is 2.56 bits per heavy atom. The lowest BCUT2D eigenvalue weighted by Crippen LogP contribution is -2.35. The Balaban J connectivity index is 0.000000158. The second-order valence-electron chi connectivity index (χ2n) is 8.40. The number of hydrogen-bond acceptors (Lipinski definition) is 5. The van der Waals surface area contributed by atoms with Crippen LogP contribution in [0, 0.1) is 13.8 Å². The van der Waals surface area contributed by atoms with Gasteiger partial charge < -0.3 is 9.88 Å². The lowest BCUT2D eigenvalue weighted by Gasteiger charge is -2.23. The van der Waals surface area contributed by atoms with Crippen molar-refractivity contribution in [3.05, 3.63) is 70.3 Å². The fourth-order valence-corrected chi connectivity index (χ4v) is 4.39. The summed E-state index contributed by atoms with van der Waals surface area (Å²) in [5.41, 5.74) is 5.58. The third-order valence-electron chi connectivity index (χ3n) is 6.05. The highest BCUT2D eigenvalue weighted by Crippen LogP contribution is 2.33. The van der Waals surface area contributed by atoms with Gasteiger partial charge in [-0.25, -0.2) is 4.98 Å². The van der Waals surface area contributed by atoms with Gasteiger partial charge in [0.15, 0.2) is 6.29 Å². The fourth-order valence-electron chi connectivity index (χ4n) is 4.24. The Morgan fingerprint density at radius 1 is 1.16 bits per heavy atom. The summed E-state index contributed by atoms with van der Waals surface area (Å²) in [6, 6.07) is 9.57. The van der Waals surface area contributed by atoms with Gasteiger partial charge in [-0.2, -0.15) is 15.0 Å². The molecular formula is C24H27ClN6O. The van der Waals surface area contributed by atoms with Crippen LogP contribution in [-0.2, 0) is 12.6 Å². The quantitative estimate of drug-likeness (QED) is 0.464. The maximum absolute atomic E-state index is 10.8. The topological polar surface area (TPSA) is 77.6 Å². The van der Waals surface area contributed by atoms with Crippen LogP contribution in [0.1, 0.15) is 47.1 Å². The summed E-state index contributed by atoms with van der Waals surface area (Å²) < 4.78 is 2.19. The SMILES string of the molecule is Cc1c(Cl)ccc2c1nc([C@]1(C)CCCN1)n2C.Cc1ccc(-n2nccn2)c(C=O)c1. The van der Waals surface area contributed by atoms with Crippen LogP contribution in [-0.4, -0.2) is 37.4 Å². The zero-order valence-electron chi connectivity index (χ0n) is 18.8. The normalized spacial score (nSPS) is 17.9. The number of rotatable bonds is 3. The van der Waals surface area contributed by atoms with E-state index in [1.54, 1.807) is 12.4 Å². The smallest absolute Gasteiger partial charge is 0.152 e. The molecule has 1 atom stereocenters. The maximum atomic E-state index is 10.8. The molecule has 1 aliphatic rings. The summed E-state index contributed by atoms with van der Waals surface area (Å²) >= 11 is 6.18. The predicted octanol–water partition coefficient (Wildman–Crippen LogP) is 4.52. The van der Waals surface area contributed by atoms with Crippen molar-refractivity contribution in [2.24, 2.45) is 7.05 Å². The minimum atomic E-state index is -0.00726. The third-order valence-corrected chi connectivity index (χ3v) is 6.46. The van der Waals surface area contributed by atoms with Crippen molar-refractivity contribution in [2.45, 2.75) is 39.2 Å². The molecule has 2 aromatic carbocycles. The van der Waals surface area contributed by atoms with Crippen LogP contribution in [0.3, 0.4) is 0 Å². The predicted molar refractivity (Wildman–Crippen MR) is 127 cm³/mol. The number of halogens is 1. The third kappa shape index (κ3) is 4.06. The van der Waals surface area contributed by atoms with E-state index in [1.807, 2.05) is 38.1 Å². The molecule has 0 aliphatic carbocycles. The van der Waals surface area contributed by atoms with Crippen LogP contribution in [0.15, 0.2) is 42.7 Å². The second-order valence-corrected chi connectivity index (χ2v) is 8.80. The highest BCUT2D eigenvalue weighted by molar-refractivity contribution is 6.32. The van der Waals surface area contributed by atoms with Gasteiger partial charge in [0.1, 0.15) is 5.82 Å². The Morgan fingerprint density at radius 2 is 1.91 bits per heavy atom. The highest BCUT2D eigenvalue weighted by atomic mass is 35.5. The van der Waals surface area contributed by atoms with Crippen LogP contribution >= 0.6 is 11.6 Å². The number of carbonyl (C=O) groups is 1. The van der Waals surface area contributed by atoms with Crippen molar-refractivity contribution in [3.63, 3.8) is 0 Å². The maximum Gasteiger partial charge on any atom is 0.152 e. The van der Waals surface area contributed by atoms with E-state index in [2.05, 4.69) is 40.1 Å². The highest BCUT2D eigenvalue weighted by Gasteiger charge is 2.34. The molecule has 0 bridgehead atoms. The average Bonchev–Trinajstić information content (AvgIpc) is 3.53. The van der Waals surface area contributed by atoms with Crippen molar-refractivity contribution in [2.75, 3.05) is 6.54 Å². The summed E-state index contributed by atoms with van der Waals surface area (Å²) in [4.78, 5) is 17.1. The minimum Gasteiger partial charge on any atom is -0.330 e. The molecule has 0 radical (unpaired) electrons. The molecule has 1 fully saturated rings. The number of fused-ring (bicyclic) bond motifs is 1. The Kier molecular flexibility index (Phi) is 6.13. The van der Waals surface area contributed by atoms with Gasteiger partial charge in [-0.1, -0.05) is 23.2 Å². The number of benzene rings is 2. The van der Waals surface area contributed by atoms with E-state index in [0.29, 0.717) is 11.3 Å². The zero-order valence-corrected chi connectivity index (χ0v) is 19.5. The monoisotopic (exact) mass is 450 g/mol. The molecule has 1 saturated heterocycles. The first-order valence-electron chi connectivity index (χ1n) is 10.6. The van der Waals surface area contributed by atoms with Crippen molar-refractivity contribution < 1.29 is 4.79 Å². The molecule has 8 heteroatoms. The van der Waals surface area contributed by atoms with Crippen LogP contribution in [0.25, 0.3) is 16.7 Å². The molecule has 5 rings (SSSR count).